The molecule has 1 saturated carbocycles. The van der Waals surface area contributed by atoms with Gasteiger partial charge in [0.15, 0.2) is 0 Å². The van der Waals surface area contributed by atoms with E-state index in [2.05, 4.69) is 5.32 Å². The van der Waals surface area contributed by atoms with Crippen LogP contribution in [0.3, 0.4) is 0 Å². The normalized spacial score (nSPS) is 23.4. The first kappa shape index (κ1) is 12.9. The van der Waals surface area contributed by atoms with Gasteiger partial charge in [-0.3, -0.25) is 0 Å². The number of carbonyl (C=O) groups excluding carboxylic acids is 1. The van der Waals surface area contributed by atoms with Crippen LogP contribution in [0.5, 0.6) is 0 Å². The van der Waals surface area contributed by atoms with Gasteiger partial charge in [0.1, 0.15) is 6.61 Å². The zero-order valence-corrected chi connectivity index (χ0v) is 10.3. The van der Waals surface area contributed by atoms with Crippen molar-refractivity contribution >= 4 is 6.09 Å². The molecule has 2 atom stereocenters. The van der Waals surface area contributed by atoms with E-state index >= 15 is 0 Å². The molecule has 2 rings (SSSR count). The molecule has 2 N–H and O–H groups in total. The van der Waals surface area contributed by atoms with E-state index in [1.54, 1.807) is 0 Å². The molecule has 4 heteroatoms. The van der Waals surface area contributed by atoms with Gasteiger partial charge in [-0.05, 0) is 18.4 Å². The van der Waals surface area contributed by atoms with Crippen LogP contribution in [0, 0.1) is 0 Å². The highest BCUT2D eigenvalue weighted by atomic mass is 16.5. The van der Waals surface area contributed by atoms with E-state index in [1.165, 1.54) is 0 Å². The van der Waals surface area contributed by atoms with Crippen LogP contribution in [0.4, 0.5) is 4.79 Å². The van der Waals surface area contributed by atoms with Crippen LogP contribution in [-0.2, 0) is 11.3 Å². The summed E-state index contributed by atoms with van der Waals surface area (Å²) >= 11 is 0. The van der Waals surface area contributed by atoms with Crippen LogP contribution < -0.4 is 5.32 Å². The molecular formula is C14H19NO3. The van der Waals surface area contributed by atoms with Crippen molar-refractivity contribution in [3.8, 4) is 0 Å². The van der Waals surface area contributed by atoms with Crippen LogP contribution in [-0.4, -0.2) is 23.3 Å². The predicted molar refractivity (Wildman–Crippen MR) is 68.0 cm³/mol. The molecule has 1 aromatic rings. The van der Waals surface area contributed by atoms with Gasteiger partial charge in [-0.2, -0.15) is 0 Å². The van der Waals surface area contributed by atoms with Gasteiger partial charge < -0.3 is 15.2 Å². The zero-order valence-electron chi connectivity index (χ0n) is 10.3. The van der Waals surface area contributed by atoms with E-state index in [0.29, 0.717) is 0 Å². The second-order valence-electron chi connectivity index (χ2n) is 4.66. The number of aliphatic hydroxyl groups is 1. The van der Waals surface area contributed by atoms with E-state index in [1.807, 2.05) is 30.3 Å². The van der Waals surface area contributed by atoms with Gasteiger partial charge >= 0.3 is 6.09 Å². The predicted octanol–water partition coefficient (Wildman–Crippen LogP) is 2.22. The molecule has 0 heterocycles. The van der Waals surface area contributed by atoms with Crippen molar-refractivity contribution in [3.63, 3.8) is 0 Å². The topological polar surface area (TPSA) is 58.6 Å². The number of nitrogens with one attached hydrogen (secondary N) is 1. The number of hydrogen-bond donors (Lipinski definition) is 2. The summed E-state index contributed by atoms with van der Waals surface area (Å²) in [5, 5.41) is 12.5. The second-order valence-corrected chi connectivity index (χ2v) is 4.66. The van der Waals surface area contributed by atoms with Crippen molar-refractivity contribution in [2.75, 3.05) is 0 Å². The van der Waals surface area contributed by atoms with E-state index in [0.717, 1.165) is 31.2 Å². The molecule has 1 aliphatic rings. The van der Waals surface area contributed by atoms with E-state index < -0.39 is 12.2 Å². The molecule has 0 unspecified atom stereocenters. The minimum Gasteiger partial charge on any atom is -0.445 e. The molecule has 0 saturated heterocycles. The maximum absolute atomic E-state index is 11.6. The molecule has 98 valence electrons. The number of carbonyl (C=O) groups is 1. The average molecular weight is 249 g/mol. The largest absolute Gasteiger partial charge is 0.445 e. The van der Waals surface area contributed by atoms with Gasteiger partial charge in [-0.25, -0.2) is 4.79 Å². The van der Waals surface area contributed by atoms with Gasteiger partial charge in [-0.15, -0.1) is 0 Å². The molecule has 0 aromatic heterocycles. The molecule has 1 amide bonds. The Morgan fingerprint density at radius 3 is 2.72 bits per heavy atom. The number of rotatable bonds is 3. The first-order valence-corrected chi connectivity index (χ1v) is 6.41. The monoisotopic (exact) mass is 249 g/mol. The van der Waals surface area contributed by atoms with Gasteiger partial charge in [0, 0.05) is 0 Å². The molecule has 0 aliphatic heterocycles. The Bertz CT molecular complexity index is 380. The first-order chi connectivity index (χ1) is 8.75. The fourth-order valence-electron chi connectivity index (χ4n) is 2.20. The summed E-state index contributed by atoms with van der Waals surface area (Å²) in [5.74, 6) is 0. The Balaban J connectivity index is 1.75. The summed E-state index contributed by atoms with van der Waals surface area (Å²) in [7, 11) is 0. The lowest BCUT2D eigenvalue weighted by Crippen LogP contribution is -2.45. The lowest BCUT2D eigenvalue weighted by Gasteiger charge is -2.27. The molecule has 0 spiro atoms. The van der Waals surface area contributed by atoms with Crippen LogP contribution in [0.15, 0.2) is 30.3 Å². The van der Waals surface area contributed by atoms with E-state index in [9.17, 15) is 9.90 Å². The maximum Gasteiger partial charge on any atom is 0.407 e. The number of alkyl carbamates (subject to hydrolysis) is 1. The van der Waals surface area contributed by atoms with Crippen LogP contribution in [0.1, 0.15) is 31.2 Å². The Morgan fingerprint density at radius 1 is 1.28 bits per heavy atom. The summed E-state index contributed by atoms with van der Waals surface area (Å²) in [5.41, 5.74) is 0.955. The Labute approximate surface area is 107 Å². The minimum atomic E-state index is -0.454. The fraction of sp³-hybridized carbons (Fsp3) is 0.500. The number of ether oxygens (including phenoxy) is 1. The van der Waals surface area contributed by atoms with E-state index in [4.69, 9.17) is 4.74 Å². The number of aliphatic hydroxyl groups excluding tert-OH is 1. The smallest absolute Gasteiger partial charge is 0.407 e. The summed E-state index contributed by atoms with van der Waals surface area (Å²) in [6.45, 7) is 0.259. The molecule has 4 nitrogen and oxygen atoms in total. The SMILES string of the molecule is O=C(N[C@@H]1CCCC[C@H]1O)OCc1ccccc1. The standard InChI is InChI=1S/C14H19NO3/c16-13-9-5-4-8-12(13)15-14(17)18-10-11-6-2-1-3-7-11/h1-3,6-7,12-13,16H,4-5,8-10H2,(H,15,17)/t12-,13-/m1/s1. The van der Waals surface area contributed by atoms with E-state index in [-0.39, 0.29) is 12.6 Å². The molecular weight excluding hydrogens is 230 g/mol. The van der Waals surface area contributed by atoms with Gasteiger partial charge in [0.25, 0.3) is 0 Å². The maximum atomic E-state index is 11.6. The third-order valence-electron chi connectivity index (χ3n) is 3.25. The highest BCUT2D eigenvalue weighted by molar-refractivity contribution is 5.67. The second kappa shape index (κ2) is 6.40. The van der Waals surface area contributed by atoms with Crippen LogP contribution in [0.25, 0.3) is 0 Å². The Kier molecular flexibility index (Phi) is 4.59. The third-order valence-corrected chi connectivity index (χ3v) is 3.25. The lowest BCUT2D eigenvalue weighted by atomic mass is 9.93. The van der Waals surface area contributed by atoms with Gasteiger partial charge in [0.05, 0.1) is 12.1 Å². The number of hydrogen-bond acceptors (Lipinski definition) is 3. The summed E-state index contributed by atoms with van der Waals surface area (Å²) in [4.78, 5) is 11.6. The van der Waals surface area contributed by atoms with Crippen molar-refractivity contribution in [1.82, 2.24) is 5.32 Å². The quantitative estimate of drug-likeness (QED) is 0.863. The Morgan fingerprint density at radius 2 is 2.00 bits per heavy atom. The highest BCUT2D eigenvalue weighted by Crippen LogP contribution is 2.18. The van der Waals surface area contributed by atoms with Gasteiger partial charge in [0.2, 0.25) is 0 Å². The number of amides is 1. The summed E-state index contributed by atoms with van der Waals surface area (Å²) in [6.07, 6.45) is 2.75. The van der Waals surface area contributed by atoms with Crippen LogP contribution >= 0.6 is 0 Å². The zero-order chi connectivity index (χ0) is 12.8. The minimum absolute atomic E-state index is 0.165. The van der Waals surface area contributed by atoms with Crippen molar-refractivity contribution < 1.29 is 14.6 Å². The molecule has 18 heavy (non-hydrogen) atoms. The van der Waals surface area contributed by atoms with Crippen molar-refractivity contribution in [2.24, 2.45) is 0 Å². The molecule has 1 aliphatic carbocycles. The number of benzene rings is 1. The van der Waals surface area contributed by atoms with Crippen LogP contribution in [0.2, 0.25) is 0 Å². The van der Waals surface area contributed by atoms with Crippen molar-refractivity contribution in [2.45, 2.75) is 44.4 Å². The Hall–Kier alpha value is -1.55. The van der Waals surface area contributed by atoms with Crippen molar-refractivity contribution in [1.29, 1.82) is 0 Å². The molecule has 0 radical (unpaired) electrons. The lowest BCUT2D eigenvalue weighted by molar-refractivity contribution is 0.0781. The molecule has 0 bridgehead atoms. The summed E-state index contributed by atoms with van der Waals surface area (Å²) < 4.78 is 5.12. The molecule has 1 fully saturated rings. The third kappa shape index (κ3) is 3.74. The van der Waals surface area contributed by atoms with Crippen molar-refractivity contribution in [3.05, 3.63) is 35.9 Å². The molecule has 1 aromatic carbocycles. The first-order valence-electron chi connectivity index (χ1n) is 6.41. The average Bonchev–Trinajstić information content (AvgIpc) is 2.40. The summed E-state index contributed by atoms with van der Waals surface area (Å²) in [6, 6.07) is 9.37. The highest BCUT2D eigenvalue weighted by Gasteiger charge is 2.24. The fourth-order valence-corrected chi connectivity index (χ4v) is 2.20. The van der Waals surface area contributed by atoms with Gasteiger partial charge in [-0.1, -0.05) is 43.2 Å².